The molecule has 1 fully saturated rings. The van der Waals surface area contributed by atoms with Crippen molar-refractivity contribution in [3.63, 3.8) is 0 Å². The van der Waals surface area contributed by atoms with Crippen LogP contribution >= 0.6 is 0 Å². The third-order valence-electron chi connectivity index (χ3n) is 4.36. The maximum absolute atomic E-state index is 6.07. The van der Waals surface area contributed by atoms with Gasteiger partial charge in [0.15, 0.2) is 0 Å². The molecule has 21 heavy (non-hydrogen) atoms. The molecule has 0 spiro atoms. The van der Waals surface area contributed by atoms with Gasteiger partial charge in [-0.3, -0.25) is 0 Å². The Bertz CT molecular complexity index is 550. The van der Waals surface area contributed by atoms with Gasteiger partial charge in [-0.1, -0.05) is 48.9 Å². The van der Waals surface area contributed by atoms with Crippen LogP contribution < -0.4 is 10.5 Å². The molecule has 0 saturated heterocycles. The summed E-state index contributed by atoms with van der Waals surface area (Å²) in [5, 5.41) is 0. The van der Waals surface area contributed by atoms with Crippen LogP contribution in [0.25, 0.3) is 0 Å². The van der Waals surface area contributed by atoms with Gasteiger partial charge in [0.05, 0.1) is 6.61 Å². The third kappa shape index (κ3) is 3.85. The van der Waals surface area contributed by atoms with E-state index in [9.17, 15) is 0 Å². The van der Waals surface area contributed by atoms with Crippen molar-refractivity contribution in [2.75, 3.05) is 6.61 Å². The Morgan fingerprint density at radius 2 is 1.62 bits per heavy atom. The van der Waals surface area contributed by atoms with Crippen LogP contribution in [-0.4, -0.2) is 12.6 Å². The summed E-state index contributed by atoms with van der Waals surface area (Å²) in [6, 6.07) is 19.3. The Hall–Kier alpha value is -1.80. The second kappa shape index (κ2) is 6.77. The minimum atomic E-state index is 0.322. The van der Waals surface area contributed by atoms with Crippen molar-refractivity contribution in [2.24, 2.45) is 11.7 Å². The summed E-state index contributed by atoms with van der Waals surface area (Å²) < 4.78 is 5.89. The summed E-state index contributed by atoms with van der Waals surface area (Å²) in [5.74, 6) is 1.47. The lowest BCUT2D eigenvalue weighted by Gasteiger charge is -2.16. The number of hydrogen-bond acceptors (Lipinski definition) is 2. The maximum atomic E-state index is 6.07. The SMILES string of the molecule is N[C@@H]1CCC[C@@H]1COc1ccc(Cc2ccccc2)cc1. The van der Waals surface area contributed by atoms with Gasteiger partial charge in [0.25, 0.3) is 0 Å². The van der Waals surface area contributed by atoms with Crippen LogP contribution in [-0.2, 0) is 6.42 Å². The highest BCUT2D eigenvalue weighted by molar-refractivity contribution is 5.31. The van der Waals surface area contributed by atoms with Crippen LogP contribution in [0.1, 0.15) is 30.4 Å². The summed E-state index contributed by atoms with van der Waals surface area (Å²) in [6.07, 6.45) is 4.55. The van der Waals surface area contributed by atoms with Gasteiger partial charge in [0.2, 0.25) is 0 Å². The summed E-state index contributed by atoms with van der Waals surface area (Å²) >= 11 is 0. The second-order valence-corrected chi connectivity index (χ2v) is 5.97. The van der Waals surface area contributed by atoms with E-state index < -0.39 is 0 Å². The molecule has 0 heterocycles. The lowest BCUT2D eigenvalue weighted by Crippen LogP contribution is -2.28. The molecule has 110 valence electrons. The lowest BCUT2D eigenvalue weighted by atomic mass is 10.0. The number of ether oxygens (including phenoxy) is 1. The van der Waals surface area contributed by atoms with Gasteiger partial charge >= 0.3 is 0 Å². The number of rotatable bonds is 5. The van der Waals surface area contributed by atoms with Crippen LogP contribution in [0.15, 0.2) is 54.6 Å². The van der Waals surface area contributed by atoms with E-state index in [1.165, 1.54) is 24.0 Å². The molecule has 0 aliphatic heterocycles. The van der Waals surface area contributed by atoms with Gasteiger partial charge in [-0.2, -0.15) is 0 Å². The van der Waals surface area contributed by atoms with Crippen molar-refractivity contribution in [3.8, 4) is 5.75 Å². The molecule has 2 aromatic carbocycles. The van der Waals surface area contributed by atoms with Gasteiger partial charge in [-0.25, -0.2) is 0 Å². The molecule has 0 aromatic heterocycles. The highest BCUT2D eigenvalue weighted by Gasteiger charge is 2.24. The minimum Gasteiger partial charge on any atom is -0.493 e. The quantitative estimate of drug-likeness (QED) is 0.905. The van der Waals surface area contributed by atoms with E-state index >= 15 is 0 Å². The van der Waals surface area contributed by atoms with E-state index in [1.807, 2.05) is 6.07 Å². The van der Waals surface area contributed by atoms with Crippen LogP contribution in [0.5, 0.6) is 5.75 Å². The van der Waals surface area contributed by atoms with E-state index in [2.05, 4.69) is 48.5 Å². The Kier molecular flexibility index (Phi) is 4.56. The zero-order valence-corrected chi connectivity index (χ0v) is 12.4. The van der Waals surface area contributed by atoms with Crippen LogP contribution in [0.4, 0.5) is 0 Å². The Morgan fingerprint density at radius 1 is 0.905 bits per heavy atom. The molecule has 2 nitrogen and oxygen atoms in total. The van der Waals surface area contributed by atoms with E-state index in [-0.39, 0.29) is 0 Å². The fourth-order valence-corrected chi connectivity index (χ4v) is 3.01. The van der Waals surface area contributed by atoms with E-state index in [1.54, 1.807) is 0 Å². The molecule has 0 amide bonds. The van der Waals surface area contributed by atoms with Gasteiger partial charge in [0.1, 0.15) is 5.75 Å². The van der Waals surface area contributed by atoms with Gasteiger partial charge in [-0.15, -0.1) is 0 Å². The molecule has 2 N–H and O–H groups in total. The van der Waals surface area contributed by atoms with Crippen molar-refractivity contribution < 1.29 is 4.74 Å². The molecule has 3 rings (SSSR count). The van der Waals surface area contributed by atoms with Crippen molar-refractivity contribution in [2.45, 2.75) is 31.7 Å². The minimum absolute atomic E-state index is 0.322. The molecule has 1 saturated carbocycles. The first kappa shape index (κ1) is 14.2. The van der Waals surface area contributed by atoms with Gasteiger partial charge in [-0.05, 0) is 42.5 Å². The molecule has 1 aliphatic rings. The number of benzene rings is 2. The molecule has 0 unspecified atom stereocenters. The molecule has 2 aromatic rings. The summed E-state index contributed by atoms with van der Waals surface area (Å²) in [5.41, 5.74) is 8.72. The van der Waals surface area contributed by atoms with Gasteiger partial charge in [0, 0.05) is 12.0 Å². The Balaban J connectivity index is 1.54. The monoisotopic (exact) mass is 281 g/mol. The Labute approximate surface area is 126 Å². The molecular weight excluding hydrogens is 258 g/mol. The zero-order chi connectivity index (χ0) is 14.5. The van der Waals surface area contributed by atoms with Crippen molar-refractivity contribution in [3.05, 3.63) is 65.7 Å². The van der Waals surface area contributed by atoms with Crippen molar-refractivity contribution in [1.82, 2.24) is 0 Å². The standard InChI is InChI=1S/C19H23NO/c20-19-8-4-7-17(19)14-21-18-11-9-16(10-12-18)13-15-5-2-1-3-6-15/h1-3,5-6,9-12,17,19H,4,7-8,13-14,20H2/t17-,19-/m1/s1. The third-order valence-corrected chi connectivity index (χ3v) is 4.36. The molecular formula is C19H23NO. The fraction of sp³-hybridized carbons (Fsp3) is 0.368. The average Bonchev–Trinajstić information content (AvgIpc) is 2.93. The zero-order valence-electron chi connectivity index (χ0n) is 12.4. The average molecular weight is 281 g/mol. The predicted molar refractivity (Wildman–Crippen MR) is 86.5 cm³/mol. The van der Waals surface area contributed by atoms with Crippen LogP contribution in [0.3, 0.4) is 0 Å². The summed E-state index contributed by atoms with van der Waals surface area (Å²) in [4.78, 5) is 0. The first-order chi connectivity index (χ1) is 10.3. The van der Waals surface area contributed by atoms with E-state index in [0.717, 1.165) is 25.2 Å². The molecule has 2 atom stereocenters. The van der Waals surface area contributed by atoms with Gasteiger partial charge < -0.3 is 10.5 Å². The molecule has 1 aliphatic carbocycles. The predicted octanol–water partition coefficient (Wildman–Crippen LogP) is 3.78. The lowest BCUT2D eigenvalue weighted by molar-refractivity contribution is 0.239. The number of hydrogen-bond donors (Lipinski definition) is 1. The Morgan fingerprint density at radius 3 is 2.29 bits per heavy atom. The first-order valence-electron chi connectivity index (χ1n) is 7.82. The van der Waals surface area contributed by atoms with Crippen LogP contribution in [0.2, 0.25) is 0 Å². The molecule has 2 heteroatoms. The highest BCUT2D eigenvalue weighted by Crippen LogP contribution is 2.25. The topological polar surface area (TPSA) is 35.2 Å². The largest absolute Gasteiger partial charge is 0.493 e. The molecule has 0 radical (unpaired) electrons. The second-order valence-electron chi connectivity index (χ2n) is 5.97. The first-order valence-corrected chi connectivity index (χ1v) is 7.82. The smallest absolute Gasteiger partial charge is 0.119 e. The van der Waals surface area contributed by atoms with E-state index in [4.69, 9.17) is 10.5 Å². The summed E-state index contributed by atoms with van der Waals surface area (Å²) in [6.45, 7) is 0.749. The van der Waals surface area contributed by atoms with Crippen molar-refractivity contribution >= 4 is 0 Å². The normalized spacial score (nSPS) is 21.4. The fourth-order valence-electron chi connectivity index (χ4n) is 3.01. The van der Waals surface area contributed by atoms with Crippen molar-refractivity contribution in [1.29, 1.82) is 0 Å². The number of nitrogens with two attached hydrogens (primary N) is 1. The molecule has 0 bridgehead atoms. The van der Waals surface area contributed by atoms with Crippen LogP contribution in [0, 0.1) is 5.92 Å². The summed E-state index contributed by atoms with van der Waals surface area (Å²) in [7, 11) is 0. The highest BCUT2D eigenvalue weighted by atomic mass is 16.5. The van der Waals surface area contributed by atoms with E-state index in [0.29, 0.717) is 12.0 Å². The maximum Gasteiger partial charge on any atom is 0.119 e.